The van der Waals surface area contributed by atoms with Gasteiger partial charge in [-0.05, 0) is 60.8 Å². The number of aromatic nitrogens is 4. The number of H-pyrrole nitrogens is 2. The molecule has 0 radical (unpaired) electrons. The van der Waals surface area contributed by atoms with Crippen LogP contribution in [0.4, 0.5) is 9.59 Å². The van der Waals surface area contributed by atoms with Crippen molar-refractivity contribution in [2.75, 3.05) is 20.8 Å². The van der Waals surface area contributed by atoms with E-state index in [1.807, 2.05) is 58.0 Å². The summed E-state index contributed by atoms with van der Waals surface area (Å²) >= 11 is 0. The Kier molecular flexibility index (Phi) is 13.0. The highest BCUT2D eigenvalue weighted by molar-refractivity contribution is 5.90. The van der Waals surface area contributed by atoms with Gasteiger partial charge in [0.25, 0.3) is 0 Å². The van der Waals surface area contributed by atoms with Gasteiger partial charge < -0.3 is 39.4 Å². The summed E-state index contributed by atoms with van der Waals surface area (Å²) in [4.78, 5) is 83.5. The largest absolute Gasteiger partial charge is 0.463 e. The van der Waals surface area contributed by atoms with Gasteiger partial charge in [-0.25, -0.2) is 19.6 Å². The molecule has 61 heavy (non-hydrogen) atoms. The van der Waals surface area contributed by atoms with Crippen molar-refractivity contribution in [2.24, 2.45) is 17.8 Å². The number of fused-ring (bicyclic) bond motifs is 1. The highest BCUT2D eigenvalue weighted by Crippen LogP contribution is 2.38. The van der Waals surface area contributed by atoms with E-state index in [9.17, 15) is 24.0 Å². The van der Waals surface area contributed by atoms with Crippen molar-refractivity contribution in [3.8, 4) is 33.6 Å². The molecule has 3 aromatic heterocycles. The standard InChI is InChI=1S/C46H55N7O8/c1-25(2)38(51-45(57)59-5)41(55)30-11-8-7-9-12-31(30)42-47-22-34(49-42)28-16-14-27(15-17-28)33-24-61-37-21-29(18-19-32(37)40(33)54)35-23-48-43(50-35)36-13-10-20-53(36)44(56)39(26(3)4)52-46(58)60-6/h14-19,21-26,30-31,36,38-39H,7-13,20H2,1-6H3,(H,47,49)(H,48,50)(H,51,57)(H,52,58)/t30?,31-,36+,38+,39+/m1/s1. The number of ketones is 1. The van der Waals surface area contributed by atoms with Crippen molar-refractivity contribution in [3.05, 3.63) is 83.0 Å². The smallest absolute Gasteiger partial charge is 0.407 e. The molecule has 7 rings (SSSR count). The maximum atomic E-state index is 13.9. The van der Waals surface area contributed by atoms with E-state index < -0.39 is 24.3 Å². The van der Waals surface area contributed by atoms with E-state index in [1.165, 1.54) is 20.5 Å². The number of carbonyl (C=O) groups excluding carboxylic acids is 4. The Morgan fingerprint density at radius 3 is 2.05 bits per heavy atom. The van der Waals surface area contributed by atoms with Crippen molar-refractivity contribution in [1.29, 1.82) is 0 Å². The molecule has 3 amide bonds. The first-order valence-electron chi connectivity index (χ1n) is 21.2. The molecule has 0 spiro atoms. The highest BCUT2D eigenvalue weighted by Gasteiger charge is 2.39. The van der Waals surface area contributed by atoms with Gasteiger partial charge in [-0.15, -0.1) is 0 Å². The third kappa shape index (κ3) is 9.10. The van der Waals surface area contributed by atoms with Gasteiger partial charge >= 0.3 is 12.2 Å². The quantitative estimate of drug-likeness (QED) is 0.0896. The van der Waals surface area contributed by atoms with Crippen LogP contribution in [0.15, 0.2) is 70.3 Å². The Balaban J connectivity index is 1.06. The lowest BCUT2D eigenvalue weighted by molar-refractivity contribution is -0.135. The second-order valence-corrected chi connectivity index (χ2v) is 16.8. The van der Waals surface area contributed by atoms with E-state index in [-0.39, 0.29) is 46.8 Å². The van der Waals surface area contributed by atoms with Crippen LogP contribution >= 0.6 is 0 Å². The Morgan fingerprint density at radius 1 is 0.754 bits per heavy atom. The maximum Gasteiger partial charge on any atom is 0.407 e. The topological polar surface area (TPSA) is 202 Å². The summed E-state index contributed by atoms with van der Waals surface area (Å²) in [6.45, 7) is 8.14. The summed E-state index contributed by atoms with van der Waals surface area (Å²) in [5.74, 6) is 0.559. The average molecular weight is 834 g/mol. The fourth-order valence-electron chi connectivity index (χ4n) is 8.80. The van der Waals surface area contributed by atoms with E-state index >= 15 is 0 Å². The second-order valence-electron chi connectivity index (χ2n) is 16.8. The number of hydrogen-bond donors (Lipinski definition) is 4. The van der Waals surface area contributed by atoms with Gasteiger partial charge in [0.15, 0.2) is 11.2 Å². The van der Waals surface area contributed by atoms with Gasteiger partial charge in [0.1, 0.15) is 29.5 Å². The molecule has 1 aliphatic heterocycles. The fourth-order valence-corrected chi connectivity index (χ4v) is 8.80. The maximum absolute atomic E-state index is 13.9. The van der Waals surface area contributed by atoms with Crippen LogP contribution in [-0.2, 0) is 19.1 Å². The van der Waals surface area contributed by atoms with Crippen molar-refractivity contribution in [3.63, 3.8) is 0 Å². The predicted octanol–water partition coefficient (Wildman–Crippen LogP) is 7.90. The molecule has 1 aliphatic carbocycles. The number of amides is 3. The number of likely N-dealkylation sites (tertiary alicyclic amines) is 1. The molecule has 15 nitrogen and oxygen atoms in total. The second kappa shape index (κ2) is 18.6. The zero-order valence-electron chi connectivity index (χ0n) is 35.6. The minimum atomic E-state index is -0.731. The zero-order valence-corrected chi connectivity index (χ0v) is 35.6. The molecule has 322 valence electrons. The van der Waals surface area contributed by atoms with Crippen molar-refractivity contribution in [2.45, 2.75) is 96.7 Å². The third-order valence-corrected chi connectivity index (χ3v) is 12.2. The number of nitrogens with one attached hydrogen (secondary N) is 4. The van der Waals surface area contributed by atoms with Crippen LogP contribution in [-0.4, -0.2) is 81.6 Å². The molecule has 2 fully saturated rings. The number of benzene rings is 2. The van der Waals surface area contributed by atoms with E-state index in [4.69, 9.17) is 18.9 Å². The third-order valence-electron chi connectivity index (χ3n) is 12.2. The molecule has 1 unspecified atom stereocenters. The van der Waals surface area contributed by atoms with Crippen LogP contribution in [0.3, 0.4) is 0 Å². The number of aromatic amines is 2. The zero-order chi connectivity index (χ0) is 43.4. The first-order valence-corrected chi connectivity index (χ1v) is 21.2. The van der Waals surface area contributed by atoms with Crippen LogP contribution in [0.25, 0.3) is 44.6 Å². The molecule has 15 heteroatoms. The van der Waals surface area contributed by atoms with Gasteiger partial charge in [0.05, 0.1) is 61.0 Å². The predicted molar refractivity (Wildman–Crippen MR) is 229 cm³/mol. The van der Waals surface area contributed by atoms with Crippen molar-refractivity contribution >= 4 is 34.8 Å². The van der Waals surface area contributed by atoms with Crippen molar-refractivity contribution < 1.29 is 33.1 Å². The van der Waals surface area contributed by atoms with E-state index in [0.29, 0.717) is 40.2 Å². The first kappa shape index (κ1) is 42.9. The molecule has 5 aromatic rings. The normalized spacial score (nSPS) is 19.1. The molecule has 0 bridgehead atoms. The Morgan fingerprint density at radius 2 is 1.36 bits per heavy atom. The van der Waals surface area contributed by atoms with Gasteiger partial charge in [0, 0.05) is 23.9 Å². The lowest BCUT2D eigenvalue weighted by Gasteiger charge is -2.30. The number of alkyl carbamates (subject to hydrolysis) is 2. The minimum absolute atomic E-state index is 0.00402. The summed E-state index contributed by atoms with van der Waals surface area (Å²) in [7, 11) is 2.57. The number of nitrogens with zero attached hydrogens (tertiary/aromatic N) is 3. The Labute approximate surface area is 354 Å². The Hall–Kier alpha value is -6.25. The number of Topliss-reactive ketones (excluding diaryl/α,β-unsaturated/α-hetero) is 1. The van der Waals surface area contributed by atoms with E-state index in [1.54, 1.807) is 29.4 Å². The summed E-state index contributed by atoms with van der Waals surface area (Å²) in [6, 6.07) is 11.3. The summed E-state index contributed by atoms with van der Waals surface area (Å²) < 4.78 is 15.6. The molecular weight excluding hydrogens is 779 g/mol. The lowest BCUT2D eigenvalue weighted by atomic mass is 9.79. The summed E-state index contributed by atoms with van der Waals surface area (Å²) in [5.41, 5.74) is 4.54. The van der Waals surface area contributed by atoms with Crippen LogP contribution in [0.5, 0.6) is 0 Å². The molecule has 4 N–H and O–H groups in total. The molecular formula is C46H55N7O8. The lowest BCUT2D eigenvalue weighted by Crippen LogP contribution is -2.51. The summed E-state index contributed by atoms with van der Waals surface area (Å²) in [6.07, 6.45) is 9.72. The SMILES string of the molecule is COC(=O)N[C@H](C(=O)C1CCCCC[C@H]1c1ncc(-c2ccc(-c3coc4cc(-c5cnc([C@@H]6CCCN6C(=O)[C@@H](NC(=O)OC)C(C)C)[nH]5)ccc4c3=O)cc2)[nH]1)C(C)C. The molecule has 1 saturated heterocycles. The molecule has 2 aliphatic rings. The molecule has 4 heterocycles. The molecule has 5 atom stereocenters. The highest BCUT2D eigenvalue weighted by atomic mass is 16.5. The average Bonchev–Trinajstić information content (AvgIpc) is 4.03. The van der Waals surface area contributed by atoms with Gasteiger partial charge in [0.2, 0.25) is 5.91 Å². The van der Waals surface area contributed by atoms with E-state index in [0.717, 1.165) is 67.6 Å². The fraction of sp³-hybridized carbons (Fsp3) is 0.457. The first-order chi connectivity index (χ1) is 29.4. The Bertz CT molecular complexity index is 2430. The van der Waals surface area contributed by atoms with E-state index in [2.05, 4.69) is 25.6 Å². The number of imidazole rings is 2. The number of carbonyl (C=O) groups is 4. The summed E-state index contributed by atoms with van der Waals surface area (Å²) in [5, 5.41) is 5.87. The van der Waals surface area contributed by atoms with Crippen LogP contribution in [0, 0.1) is 17.8 Å². The van der Waals surface area contributed by atoms with Crippen molar-refractivity contribution in [1.82, 2.24) is 35.5 Å². The van der Waals surface area contributed by atoms with Crippen LogP contribution in [0.1, 0.15) is 96.2 Å². The van der Waals surface area contributed by atoms with Gasteiger partial charge in [-0.3, -0.25) is 14.4 Å². The number of hydrogen-bond acceptors (Lipinski definition) is 10. The molecule has 2 aromatic carbocycles. The van der Waals surface area contributed by atoms with Crippen LogP contribution < -0.4 is 16.1 Å². The number of ether oxygens (including phenoxy) is 2. The minimum Gasteiger partial charge on any atom is -0.463 e. The number of methoxy groups -OCH3 is 2. The number of rotatable bonds is 12. The van der Waals surface area contributed by atoms with Gasteiger partial charge in [-0.1, -0.05) is 77.3 Å². The van der Waals surface area contributed by atoms with Gasteiger partial charge in [-0.2, -0.15) is 0 Å². The monoisotopic (exact) mass is 833 g/mol. The van der Waals surface area contributed by atoms with Crippen LogP contribution in [0.2, 0.25) is 0 Å². The molecule has 1 saturated carbocycles.